The van der Waals surface area contributed by atoms with Crippen molar-refractivity contribution in [2.45, 2.75) is 44.8 Å². The summed E-state index contributed by atoms with van der Waals surface area (Å²) in [6.45, 7) is 1.71. The van der Waals surface area contributed by atoms with Crippen LogP contribution >= 0.6 is 0 Å². The van der Waals surface area contributed by atoms with Crippen LogP contribution < -0.4 is 0 Å². The largest absolute Gasteiger partial charge is 0.460 e. The van der Waals surface area contributed by atoms with Crippen LogP contribution in [0.25, 0.3) is 0 Å². The maximum Gasteiger partial charge on any atom is 0.335 e. The molecule has 1 aliphatic carbocycles. The van der Waals surface area contributed by atoms with Crippen molar-refractivity contribution in [3.8, 4) is 0 Å². The molecule has 0 aliphatic heterocycles. The molecule has 3 nitrogen and oxygen atoms in total. The predicted octanol–water partition coefficient (Wildman–Crippen LogP) is 1.51. The third kappa shape index (κ3) is 2.48. The first-order valence-corrected chi connectivity index (χ1v) is 4.47. The summed E-state index contributed by atoms with van der Waals surface area (Å²) in [6.07, 6.45) is 4.11. The van der Waals surface area contributed by atoms with Gasteiger partial charge in [0.25, 0.3) is 0 Å². The zero-order valence-electron chi connectivity index (χ0n) is 7.71. The van der Waals surface area contributed by atoms with Crippen LogP contribution in [0, 0.1) is 0 Å². The van der Waals surface area contributed by atoms with E-state index in [1.807, 2.05) is 0 Å². The molecule has 1 atom stereocenters. The van der Waals surface area contributed by atoms with Crippen LogP contribution in [0.2, 0.25) is 0 Å². The zero-order chi connectivity index (χ0) is 8.97. The Hall–Kier alpha value is -0.570. The minimum Gasteiger partial charge on any atom is -0.460 e. The van der Waals surface area contributed by atoms with Gasteiger partial charge in [0.1, 0.15) is 6.10 Å². The topological polar surface area (TPSA) is 35.5 Å². The van der Waals surface area contributed by atoms with Crippen LogP contribution in [-0.2, 0) is 14.3 Å². The number of methoxy groups -OCH3 is 1. The fraction of sp³-hybridized carbons (Fsp3) is 0.889. The lowest BCUT2D eigenvalue weighted by Crippen LogP contribution is -2.25. The predicted molar refractivity (Wildman–Crippen MR) is 44.8 cm³/mol. The second kappa shape index (κ2) is 4.45. The van der Waals surface area contributed by atoms with Crippen molar-refractivity contribution in [2.75, 3.05) is 7.11 Å². The van der Waals surface area contributed by atoms with Gasteiger partial charge >= 0.3 is 5.97 Å². The molecule has 0 aromatic heterocycles. The van der Waals surface area contributed by atoms with E-state index in [0.717, 1.165) is 12.8 Å². The summed E-state index contributed by atoms with van der Waals surface area (Å²) in [4.78, 5) is 11.2. The first-order valence-electron chi connectivity index (χ1n) is 4.47. The molecule has 0 heterocycles. The van der Waals surface area contributed by atoms with Crippen molar-refractivity contribution < 1.29 is 14.3 Å². The maximum absolute atomic E-state index is 11.2. The van der Waals surface area contributed by atoms with E-state index >= 15 is 0 Å². The highest BCUT2D eigenvalue weighted by molar-refractivity contribution is 5.74. The number of hydrogen-bond donors (Lipinski definition) is 0. The van der Waals surface area contributed by atoms with Gasteiger partial charge in [0.05, 0.1) is 0 Å². The van der Waals surface area contributed by atoms with Gasteiger partial charge in [-0.15, -0.1) is 0 Å². The maximum atomic E-state index is 11.2. The molecule has 1 rings (SSSR count). The van der Waals surface area contributed by atoms with E-state index < -0.39 is 6.10 Å². The van der Waals surface area contributed by atoms with E-state index in [1.165, 1.54) is 20.0 Å². The molecule has 0 bridgehead atoms. The standard InChI is InChI=1S/C9H16O3/c1-7(11-2)9(10)12-8-5-3-4-6-8/h7-8H,3-6H2,1-2H3. The molecule has 0 spiro atoms. The smallest absolute Gasteiger partial charge is 0.335 e. The van der Waals surface area contributed by atoms with Crippen LogP contribution in [0.4, 0.5) is 0 Å². The number of rotatable bonds is 3. The lowest BCUT2D eigenvalue weighted by atomic mass is 10.3. The first kappa shape index (κ1) is 9.52. The van der Waals surface area contributed by atoms with Gasteiger partial charge in [0.2, 0.25) is 0 Å². The van der Waals surface area contributed by atoms with Crippen molar-refractivity contribution in [3.05, 3.63) is 0 Å². The lowest BCUT2D eigenvalue weighted by molar-refractivity contribution is -0.159. The highest BCUT2D eigenvalue weighted by Crippen LogP contribution is 2.21. The summed E-state index contributed by atoms with van der Waals surface area (Å²) in [7, 11) is 1.51. The number of ether oxygens (including phenoxy) is 2. The molecule has 1 unspecified atom stereocenters. The quantitative estimate of drug-likeness (QED) is 0.605. The molecular weight excluding hydrogens is 156 g/mol. The molecule has 1 aliphatic rings. The molecule has 0 radical (unpaired) electrons. The second-order valence-electron chi connectivity index (χ2n) is 3.22. The Morgan fingerprint density at radius 1 is 1.42 bits per heavy atom. The summed E-state index contributed by atoms with van der Waals surface area (Å²) in [5.41, 5.74) is 0. The van der Waals surface area contributed by atoms with Gasteiger partial charge < -0.3 is 9.47 Å². The Balaban J connectivity index is 2.25. The molecule has 70 valence electrons. The normalized spacial score (nSPS) is 20.8. The van der Waals surface area contributed by atoms with Crippen molar-refractivity contribution in [1.29, 1.82) is 0 Å². The summed E-state index contributed by atoms with van der Waals surface area (Å²) in [5, 5.41) is 0. The third-order valence-corrected chi connectivity index (χ3v) is 2.27. The van der Waals surface area contributed by atoms with E-state index in [9.17, 15) is 4.79 Å². The van der Waals surface area contributed by atoms with Gasteiger partial charge in [-0.3, -0.25) is 0 Å². The third-order valence-electron chi connectivity index (χ3n) is 2.27. The molecule has 0 amide bonds. The van der Waals surface area contributed by atoms with Gasteiger partial charge in [0, 0.05) is 7.11 Å². The van der Waals surface area contributed by atoms with E-state index in [2.05, 4.69) is 0 Å². The second-order valence-corrected chi connectivity index (χ2v) is 3.22. The summed E-state index contributed by atoms with van der Waals surface area (Å²) >= 11 is 0. The minimum atomic E-state index is -0.425. The highest BCUT2D eigenvalue weighted by Gasteiger charge is 2.22. The van der Waals surface area contributed by atoms with Crippen molar-refractivity contribution in [1.82, 2.24) is 0 Å². The molecule has 0 aromatic rings. The number of carbonyl (C=O) groups is 1. The Labute approximate surface area is 73.0 Å². The first-order chi connectivity index (χ1) is 5.74. The Morgan fingerprint density at radius 2 is 2.00 bits per heavy atom. The molecule has 3 heteroatoms. The molecule has 0 saturated heterocycles. The monoisotopic (exact) mass is 172 g/mol. The number of hydrogen-bond acceptors (Lipinski definition) is 3. The fourth-order valence-electron chi connectivity index (χ4n) is 1.36. The highest BCUT2D eigenvalue weighted by atomic mass is 16.6. The molecule has 1 fully saturated rings. The van der Waals surface area contributed by atoms with Crippen LogP contribution in [0.5, 0.6) is 0 Å². The van der Waals surface area contributed by atoms with E-state index in [0.29, 0.717) is 0 Å². The molecule has 12 heavy (non-hydrogen) atoms. The molecule has 0 N–H and O–H groups in total. The zero-order valence-corrected chi connectivity index (χ0v) is 7.71. The van der Waals surface area contributed by atoms with Crippen molar-refractivity contribution >= 4 is 5.97 Å². The van der Waals surface area contributed by atoms with E-state index in [4.69, 9.17) is 9.47 Å². The van der Waals surface area contributed by atoms with Gasteiger partial charge in [-0.2, -0.15) is 0 Å². The molecule has 1 saturated carbocycles. The SMILES string of the molecule is COC(C)C(=O)OC1CCCC1. The summed E-state index contributed by atoms with van der Waals surface area (Å²) in [5.74, 6) is -0.232. The van der Waals surface area contributed by atoms with Gasteiger partial charge in [0.15, 0.2) is 6.10 Å². The fourth-order valence-corrected chi connectivity index (χ4v) is 1.36. The van der Waals surface area contributed by atoms with Crippen LogP contribution in [0.1, 0.15) is 32.6 Å². The Bertz CT molecular complexity index is 150. The van der Waals surface area contributed by atoms with Crippen LogP contribution in [-0.4, -0.2) is 25.3 Å². The summed E-state index contributed by atoms with van der Waals surface area (Å²) < 4.78 is 10.0. The van der Waals surface area contributed by atoms with Crippen LogP contribution in [0.3, 0.4) is 0 Å². The molecule has 0 aromatic carbocycles. The number of esters is 1. The van der Waals surface area contributed by atoms with Crippen molar-refractivity contribution in [3.63, 3.8) is 0 Å². The van der Waals surface area contributed by atoms with Crippen molar-refractivity contribution in [2.24, 2.45) is 0 Å². The Morgan fingerprint density at radius 3 is 2.50 bits per heavy atom. The van der Waals surface area contributed by atoms with Crippen LogP contribution in [0.15, 0.2) is 0 Å². The minimum absolute atomic E-state index is 0.148. The summed E-state index contributed by atoms with van der Waals surface area (Å²) in [6, 6.07) is 0. The Kier molecular flexibility index (Phi) is 3.53. The average molecular weight is 172 g/mol. The van der Waals surface area contributed by atoms with E-state index in [-0.39, 0.29) is 12.1 Å². The van der Waals surface area contributed by atoms with E-state index in [1.54, 1.807) is 6.92 Å². The average Bonchev–Trinajstić information content (AvgIpc) is 2.55. The number of carbonyl (C=O) groups excluding carboxylic acids is 1. The van der Waals surface area contributed by atoms with Gasteiger partial charge in [-0.25, -0.2) is 4.79 Å². The lowest BCUT2D eigenvalue weighted by Gasteiger charge is -2.14. The van der Waals surface area contributed by atoms with Gasteiger partial charge in [-0.05, 0) is 32.6 Å². The van der Waals surface area contributed by atoms with Gasteiger partial charge in [-0.1, -0.05) is 0 Å². The molecular formula is C9H16O3.